The van der Waals surface area contributed by atoms with E-state index in [1.54, 1.807) is 41.9 Å². The highest BCUT2D eigenvalue weighted by Gasteiger charge is 2.32. The second-order valence-electron chi connectivity index (χ2n) is 9.10. The number of sulfonamides is 1. The highest BCUT2D eigenvalue weighted by Crippen LogP contribution is 2.38. The average molecular weight is 585 g/mol. The summed E-state index contributed by atoms with van der Waals surface area (Å²) < 4.78 is 46.8. The number of anilines is 1. The minimum Gasteiger partial charge on any atom is -0.506 e. The van der Waals surface area contributed by atoms with Crippen molar-refractivity contribution in [3.8, 4) is 17.2 Å². The summed E-state index contributed by atoms with van der Waals surface area (Å²) in [4.78, 5) is 0. The predicted molar refractivity (Wildman–Crippen MR) is 158 cm³/mol. The highest BCUT2D eigenvalue weighted by molar-refractivity contribution is 7.92. The van der Waals surface area contributed by atoms with Crippen molar-refractivity contribution in [2.45, 2.75) is 18.9 Å². The molecule has 3 aromatic carbocycles. The lowest BCUT2D eigenvalue weighted by molar-refractivity contribution is -0.128. The number of aromatic hydroxyl groups is 1. The van der Waals surface area contributed by atoms with Crippen molar-refractivity contribution in [3.63, 3.8) is 0 Å². The standard InChI is InChI=1S/C28H28N2O6S3/c1-28(35-24-16-37-26-10-6-4-8-19(24)26,36-25-17-38-27-11-7-5-9-20(25)27)29-15-23(34-2)18-12-13-22(31)21(14-18)30-39(3,32)33/h4-14,16-17,23,29-31H,15H2,1-3H3. The lowest BCUT2D eigenvalue weighted by atomic mass is 10.1. The quantitative estimate of drug-likeness (QED) is 0.124. The molecule has 2 heterocycles. The second kappa shape index (κ2) is 11.0. The maximum absolute atomic E-state index is 11.8. The molecule has 2 aromatic heterocycles. The molecule has 5 rings (SSSR count). The van der Waals surface area contributed by atoms with Gasteiger partial charge in [0.2, 0.25) is 10.0 Å². The van der Waals surface area contributed by atoms with Gasteiger partial charge in [-0.3, -0.25) is 4.72 Å². The number of nitrogens with one attached hydrogen (secondary N) is 2. The fraction of sp³-hybridized carbons (Fsp3) is 0.214. The van der Waals surface area contributed by atoms with Gasteiger partial charge < -0.3 is 19.3 Å². The molecule has 0 radical (unpaired) electrons. The molecule has 1 atom stereocenters. The molecular formula is C28H28N2O6S3. The Balaban J connectivity index is 1.44. The van der Waals surface area contributed by atoms with E-state index in [-0.39, 0.29) is 18.0 Å². The number of hydrogen-bond donors (Lipinski definition) is 3. The molecule has 8 nitrogen and oxygen atoms in total. The first kappa shape index (κ1) is 27.2. The monoisotopic (exact) mass is 584 g/mol. The molecule has 39 heavy (non-hydrogen) atoms. The molecule has 1 unspecified atom stereocenters. The average Bonchev–Trinajstić information content (AvgIpc) is 3.49. The van der Waals surface area contributed by atoms with Crippen molar-refractivity contribution < 1.29 is 27.7 Å². The van der Waals surface area contributed by atoms with Crippen molar-refractivity contribution in [1.82, 2.24) is 5.32 Å². The molecule has 0 fully saturated rings. The number of ether oxygens (including phenoxy) is 3. The van der Waals surface area contributed by atoms with Crippen LogP contribution in [0.25, 0.3) is 20.2 Å². The third kappa shape index (κ3) is 6.29. The summed E-state index contributed by atoms with van der Waals surface area (Å²) in [5, 5.41) is 19.4. The lowest BCUT2D eigenvalue weighted by Gasteiger charge is -2.33. The Morgan fingerprint density at radius 1 is 0.923 bits per heavy atom. The molecular weight excluding hydrogens is 557 g/mol. The molecule has 0 aliphatic rings. The van der Waals surface area contributed by atoms with E-state index in [0.717, 1.165) is 26.4 Å². The van der Waals surface area contributed by atoms with Crippen LogP contribution in [0, 0.1) is 0 Å². The Morgan fingerprint density at radius 2 is 1.49 bits per heavy atom. The summed E-state index contributed by atoms with van der Waals surface area (Å²) in [7, 11) is -2.03. The largest absolute Gasteiger partial charge is 0.506 e. The summed E-state index contributed by atoms with van der Waals surface area (Å²) in [6.07, 6.45) is 0.507. The van der Waals surface area contributed by atoms with E-state index in [1.807, 2.05) is 66.2 Å². The summed E-state index contributed by atoms with van der Waals surface area (Å²) in [5.41, 5.74) is 0.722. The zero-order valence-corrected chi connectivity index (χ0v) is 24.0. The molecule has 0 bridgehead atoms. The van der Waals surface area contributed by atoms with Gasteiger partial charge in [-0.25, -0.2) is 13.7 Å². The van der Waals surface area contributed by atoms with Gasteiger partial charge in [0.1, 0.15) is 17.2 Å². The second-order valence-corrected chi connectivity index (χ2v) is 12.7. The van der Waals surface area contributed by atoms with Gasteiger partial charge >= 0.3 is 5.91 Å². The van der Waals surface area contributed by atoms with Gasteiger partial charge in [-0.15, -0.1) is 22.7 Å². The normalized spacial score (nSPS) is 13.0. The molecule has 0 saturated carbocycles. The number of phenolic OH excluding ortho intramolecular Hbond substituents is 1. The lowest BCUT2D eigenvalue weighted by Crippen LogP contribution is -2.54. The van der Waals surface area contributed by atoms with Crippen molar-refractivity contribution >= 4 is 58.6 Å². The van der Waals surface area contributed by atoms with E-state index in [4.69, 9.17) is 14.2 Å². The SMILES string of the molecule is COC(CNC(C)(Oc1csc2ccccc12)Oc1csc2ccccc12)c1ccc(O)c(NS(C)(=O)=O)c1. The van der Waals surface area contributed by atoms with Crippen LogP contribution in [0.5, 0.6) is 17.2 Å². The van der Waals surface area contributed by atoms with Crippen LogP contribution < -0.4 is 19.5 Å². The van der Waals surface area contributed by atoms with Crippen LogP contribution in [-0.2, 0) is 14.8 Å². The van der Waals surface area contributed by atoms with E-state index in [0.29, 0.717) is 17.1 Å². The van der Waals surface area contributed by atoms with Gasteiger partial charge in [0, 0.05) is 51.5 Å². The summed E-state index contributed by atoms with van der Waals surface area (Å²) in [6, 6.07) is 20.7. The van der Waals surface area contributed by atoms with Crippen LogP contribution in [0.2, 0.25) is 0 Å². The molecule has 0 aliphatic heterocycles. The number of rotatable bonds is 11. The number of fused-ring (bicyclic) bond motifs is 2. The van der Waals surface area contributed by atoms with E-state index >= 15 is 0 Å². The molecule has 3 N–H and O–H groups in total. The molecule has 0 spiro atoms. The number of methoxy groups -OCH3 is 1. The van der Waals surface area contributed by atoms with Crippen LogP contribution in [0.4, 0.5) is 5.69 Å². The first-order valence-corrected chi connectivity index (χ1v) is 15.7. The van der Waals surface area contributed by atoms with Crippen molar-refractivity contribution in [2.24, 2.45) is 0 Å². The van der Waals surface area contributed by atoms with Gasteiger partial charge in [-0.05, 0) is 42.0 Å². The fourth-order valence-corrected chi connectivity index (χ4v) is 6.52. The Hall–Kier alpha value is -3.35. The summed E-state index contributed by atoms with van der Waals surface area (Å²) in [5.74, 6) is -0.112. The smallest absolute Gasteiger partial charge is 0.310 e. The number of thiophene rings is 2. The van der Waals surface area contributed by atoms with Crippen LogP contribution in [-0.4, -0.2) is 39.3 Å². The summed E-state index contributed by atoms with van der Waals surface area (Å²) >= 11 is 3.18. The molecule has 0 amide bonds. The van der Waals surface area contributed by atoms with Crippen LogP contribution in [0.3, 0.4) is 0 Å². The fourth-order valence-electron chi connectivity index (χ4n) is 4.23. The third-order valence-electron chi connectivity index (χ3n) is 6.08. The van der Waals surface area contributed by atoms with Crippen molar-refractivity contribution in [1.29, 1.82) is 0 Å². The topological polar surface area (TPSA) is 106 Å². The molecule has 0 saturated heterocycles. The van der Waals surface area contributed by atoms with Crippen LogP contribution in [0.1, 0.15) is 18.6 Å². The zero-order valence-electron chi connectivity index (χ0n) is 21.5. The summed E-state index contributed by atoms with van der Waals surface area (Å²) in [6.45, 7) is 2.06. The number of hydrogen-bond acceptors (Lipinski definition) is 9. The Bertz CT molecular complexity index is 1640. The van der Waals surface area contributed by atoms with E-state index in [9.17, 15) is 13.5 Å². The van der Waals surface area contributed by atoms with E-state index in [1.165, 1.54) is 6.07 Å². The Kier molecular flexibility index (Phi) is 7.70. The Labute approximate surface area is 234 Å². The highest BCUT2D eigenvalue weighted by atomic mass is 32.2. The van der Waals surface area contributed by atoms with Gasteiger partial charge in [0.25, 0.3) is 0 Å². The zero-order chi connectivity index (χ0) is 27.6. The predicted octanol–water partition coefficient (Wildman–Crippen LogP) is 6.30. The third-order valence-corrected chi connectivity index (χ3v) is 8.56. The first-order chi connectivity index (χ1) is 18.6. The molecule has 0 aliphatic carbocycles. The van der Waals surface area contributed by atoms with Gasteiger partial charge in [-0.1, -0.05) is 30.3 Å². The van der Waals surface area contributed by atoms with Gasteiger partial charge in [-0.2, -0.15) is 0 Å². The molecule has 5 aromatic rings. The van der Waals surface area contributed by atoms with Crippen LogP contribution in [0.15, 0.2) is 77.5 Å². The minimum absolute atomic E-state index is 0.0711. The minimum atomic E-state index is -3.58. The van der Waals surface area contributed by atoms with Crippen LogP contribution >= 0.6 is 22.7 Å². The van der Waals surface area contributed by atoms with Gasteiger partial charge in [0.05, 0.1) is 18.0 Å². The van der Waals surface area contributed by atoms with Crippen molar-refractivity contribution in [2.75, 3.05) is 24.6 Å². The maximum atomic E-state index is 11.8. The Morgan fingerprint density at radius 3 is 2.03 bits per heavy atom. The molecule has 204 valence electrons. The molecule has 11 heteroatoms. The number of benzene rings is 3. The van der Waals surface area contributed by atoms with E-state index in [2.05, 4.69) is 10.0 Å². The maximum Gasteiger partial charge on any atom is 0.310 e. The first-order valence-electron chi connectivity index (χ1n) is 12.0. The van der Waals surface area contributed by atoms with Gasteiger partial charge in [0.15, 0.2) is 0 Å². The van der Waals surface area contributed by atoms with E-state index < -0.39 is 22.0 Å². The number of phenols is 1. The van der Waals surface area contributed by atoms with Crippen molar-refractivity contribution in [3.05, 3.63) is 83.1 Å².